The lowest BCUT2D eigenvalue weighted by molar-refractivity contribution is 0.0676. The molecule has 0 bridgehead atoms. The fourth-order valence-electron chi connectivity index (χ4n) is 3.98. The molecule has 0 saturated carbocycles. The zero-order chi connectivity index (χ0) is 24.9. The van der Waals surface area contributed by atoms with E-state index in [0.717, 1.165) is 23.1 Å². The maximum Gasteiger partial charge on any atom is 0.281 e. The molecule has 4 rings (SSSR count). The molecule has 0 radical (unpaired) electrons. The smallest absolute Gasteiger partial charge is 0.281 e. The van der Waals surface area contributed by atoms with Gasteiger partial charge in [-0.25, -0.2) is 18.2 Å². The lowest BCUT2D eigenvalue weighted by Crippen LogP contribution is -2.44. The average Bonchev–Trinajstić information content (AvgIpc) is 3.32. The quantitative estimate of drug-likeness (QED) is 0.446. The van der Waals surface area contributed by atoms with Crippen LogP contribution in [-0.2, 0) is 0 Å². The molecule has 1 aliphatic heterocycles. The lowest BCUT2D eigenvalue weighted by atomic mass is 10.0. The molecule has 1 atom stereocenters. The third-order valence-electron chi connectivity index (χ3n) is 5.76. The Labute approximate surface area is 209 Å². The largest absolute Gasteiger partial charge is 0.473 e. The molecule has 0 spiro atoms. The van der Waals surface area contributed by atoms with Crippen LogP contribution < -0.4 is 10.1 Å². The first-order valence-electron chi connectivity index (χ1n) is 11.0. The molecule has 1 unspecified atom stereocenters. The van der Waals surface area contributed by atoms with Crippen molar-refractivity contribution in [1.29, 1.82) is 0 Å². The van der Waals surface area contributed by atoms with Gasteiger partial charge in [-0.15, -0.1) is 16.4 Å². The maximum atomic E-state index is 14.2. The van der Waals surface area contributed by atoms with E-state index in [0.29, 0.717) is 36.7 Å². The number of hydrogen-bond donors (Lipinski definition) is 1. The number of thiazole rings is 1. The van der Waals surface area contributed by atoms with Crippen LogP contribution in [0.3, 0.4) is 0 Å². The monoisotopic (exact) mass is 525 g/mol. The summed E-state index contributed by atoms with van der Waals surface area (Å²) in [6.07, 6.45) is -1.60. The van der Waals surface area contributed by atoms with Gasteiger partial charge in [0.2, 0.25) is 5.88 Å². The Kier molecular flexibility index (Phi) is 8.19. The summed E-state index contributed by atoms with van der Waals surface area (Å²) in [5.74, 6) is -1.03. The number of rotatable bonds is 8. The SMILES string of the molecule is Cc1ccc(OC2CCN(C(CNC(=O)c3c(F)cccc3Cl)c3scnc3C(F)F)CC2)nn1. The molecule has 3 heterocycles. The Morgan fingerprint density at radius 1 is 1.26 bits per heavy atom. The van der Waals surface area contributed by atoms with Gasteiger partial charge < -0.3 is 10.1 Å². The molecule has 1 N–H and O–H groups in total. The molecule has 0 aliphatic carbocycles. The number of halogens is 4. The summed E-state index contributed by atoms with van der Waals surface area (Å²) in [6, 6.07) is 6.96. The van der Waals surface area contributed by atoms with Crippen LogP contribution in [0.15, 0.2) is 35.8 Å². The summed E-state index contributed by atoms with van der Waals surface area (Å²) in [7, 11) is 0. The van der Waals surface area contributed by atoms with Gasteiger partial charge in [-0.2, -0.15) is 5.10 Å². The fourth-order valence-corrected chi connectivity index (χ4v) is 5.16. The molecule has 1 aliphatic rings. The second-order valence-corrected chi connectivity index (χ2v) is 9.38. The van der Waals surface area contributed by atoms with Gasteiger partial charge in [0.15, 0.2) is 0 Å². The number of alkyl halides is 2. The Bertz CT molecular complexity index is 1140. The highest BCUT2D eigenvalue weighted by Gasteiger charge is 2.32. The number of carbonyl (C=O) groups is 1. The van der Waals surface area contributed by atoms with Gasteiger partial charge in [-0.3, -0.25) is 9.69 Å². The zero-order valence-electron chi connectivity index (χ0n) is 18.8. The van der Waals surface area contributed by atoms with Crippen molar-refractivity contribution in [2.24, 2.45) is 0 Å². The first-order chi connectivity index (χ1) is 16.8. The molecule has 1 saturated heterocycles. The fraction of sp³-hybridized carbons (Fsp3) is 0.391. The molecular weight excluding hydrogens is 503 g/mol. The van der Waals surface area contributed by atoms with Crippen molar-refractivity contribution in [1.82, 2.24) is 25.4 Å². The number of benzene rings is 1. The van der Waals surface area contributed by atoms with Crippen molar-refractivity contribution in [2.75, 3.05) is 19.6 Å². The number of nitrogens with one attached hydrogen (secondary N) is 1. The zero-order valence-corrected chi connectivity index (χ0v) is 20.3. The van der Waals surface area contributed by atoms with E-state index in [1.807, 2.05) is 17.9 Å². The van der Waals surface area contributed by atoms with Gasteiger partial charge in [-0.1, -0.05) is 17.7 Å². The number of hydrogen-bond acceptors (Lipinski definition) is 7. The van der Waals surface area contributed by atoms with E-state index in [2.05, 4.69) is 20.5 Å². The minimum Gasteiger partial charge on any atom is -0.473 e. The predicted molar refractivity (Wildman–Crippen MR) is 126 cm³/mol. The molecule has 186 valence electrons. The Hall–Kier alpha value is -2.76. The van der Waals surface area contributed by atoms with Crippen molar-refractivity contribution in [3.05, 3.63) is 68.5 Å². The second kappa shape index (κ2) is 11.3. The first-order valence-corrected chi connectivity index (χ1v) is 12.2. The van der Waals surface area contributed by atoms with Crippen LogP contribution in [0.25, 0.3) is 0 Å². The Morgan fingerprint density at radius 3 is 2.69 bits per heavy atom. The molecule has 3 aromatic rings. The van der Waals surface area contributed by atoms with E-state index in [1.165, 1.54) is 17.6 Å². The number of nitrogens with zero attached hydrogens (tertiary/aromatic N) is 4. The predicted octanol–water partition coefficient (Wildman–Crippen LogP) is 4.99. The van der Waals surface area contributed by atoms with Crippen molar-refractivity contribution >= 4 is 28.8 Å². The molecule has 12 heteroatoms. The topological polar surface area (TPSA) is 80.2 Å². The molecule has 35 heavy (non-hydrogen) atoms. The van der Waals surface area contributed by atoms with Crippen LogP contribution in [0.5, 0.6) is 5.88 Å². The first kappa shape index (κ1) is 25.3. The average molecular weight is 526 g/mol. The lowest BCUT2D eigenvalue weighted by Gasteiger charge is -2.37. The summed E-state index contributed by atoms with van der Waals surface area (Å²) in [4.78, 5) is 18.9. The van der Waals surface area contributed by atoms with E-state index >= 15 is 0 Å². The van der Waals surface area contributed by atoms with Gasteiger partial charge in [0.1, 0.15) is 17.6 Å². The highest BCUT2D eigenvalue weighted by Crippen LogP contribution is 2.34. The molecule has 1 aromatic carbocycles. The van der Waals surface area contributed by atoms with Gasteiger partial charge in [0.05, 0.1) is 32.7 Å². The number of piperidine rings is 1. The van der Waals surface area contributed by atoms with E-state index in [1.54, 1.807) is 6.07 Å². The van der Waals surface area contributed by atoms with E-state index in [9.17, 15) is 18.0 Å². The number of ether oxygens (including phenoxy) is 1. The number of likely N-dealkylation sites (tertiary alicyclic amines) is 1. The highest BCUT2D eigenvalue weighted by atomic mass is 35.5. The summed E-state index contributed by atoms with van der Waals surface area (Å²) in [5.41, 5.74) is 1.56. The van der Waals surface area contributed by atoms with Gasteiger partial charge in [0, 0.05) is 25.7 Å². The van der Waals surface area contributed by atoms with Crippen molar-refractivity contribution in [3.8, 4) is 5.88 Å². The number of aromatic nitrogens is 3. The summed E-state index contributed by atoms with van der Waals surface area (Å²) in [6.45, 7) is 2.89. The Morgan fingerprint density at radius 2 is 2.03 bits per heavy atom. The van der Waals surface area contributed by atoms with E-state index in [4.69, 9.17) is 16.3 Å². The molecule has 1 amide bonds. The number of carbonyl (C=O) groups excluding carboxylic acids is 1. The minimum atomic E-state index is -2.75. The van der Waals surface area contributed by atoms with Crippen LogP contribution in [-0.4, -0.2) is 51.7 Å². The van der Waals surface area contributed by atoms with Crippen molar-refractivity contribution in [2.45, 2.75) is 38.3 Å². The molecule has 1 fully saturated rings. The van der Waals surface area contributed by atoms with Gasteiger partial charge in [0.25, 0.3) is 12.3 Å². The van der Waals surface area contributed by atoms with E-state index in [-0.39, 0.29) is 28.9 Å². The van der Waals surface area contributed by atoms with Gasteiger partial charge >= 0.3 is 0 Å². The van der Waals surface area contributed by atoms with Gasteiger partial charge in [-0.05, 0) is 38.0 Å². The summed E-state index contributed by atoms with van der Waals surface area (Å²) < 4.78 is 47.4. The summed E-state index contributed by atoms with van der Waals surface area (Å²) >= 11 is 7.11. The van der Waals surface area contributed by atoms with Crippen LogP contribution in [0.4, 0.5) is 13.2 Å². The van der Waals surface area contributed by atoms with Crippen molar-refractivity contribution < 1.29 is 22.7 Å². The normalized spacial score (nSPS) is 15.8. The Balaban J connectivity index is 1.47. The van der Waals surface area contributed by atoms with Crippen LogP contribution in [0.1, 0.15) is 51.9 Å². The highest BCUT2D eigenvalue weighted by molar-refractivity contribution is 7.09. The molecule has 7 nitrogen and oxygen atoms in total. The maximum absolute atomic E-state index is 14.2. The summed E-state index contributed by atoms with van der Waals surface area (Å²) in [5, 5.41) is 10.7. The van der Waals surface area contributed by atoms with Crippen molar-refractivity contribution in [3.63, 3.8) is 0 Å². The van der Waals surface area contributed by atoms with E-state index < -0.39 is 24.2 Å². The van der Waals surface area contributed by atoms with Crippen LogP contribution >= 0.6 is 22.9 Å². The standard InChI is InChI=1S/C23H23ClF3N5O2S/c1-13-5-6-18(31-30-13)34-14-7-9-32(10-8-14)17(21-20(22(26)27)29-12-35-21)11-28-23(33)19-15(24)3-2-4-16(19)25/h2-6,12,14,17,22H,7-11H2,1H3,(H,28,33). The van der Waals surface area contributed by atoms with Crippen LogP contribution in [0.2, 0.25) is 5.02 Å². The second-order valence-electron chi connectivity index (χ2n) is 8.09. The number of amides is 1. The minimum absolute atomic E-state index is 0.0135. The molecular formula is C23H23ClF3N5O2S. The molecule has 2 aromatic heterocycles. The third-order valence-corrected chi connectivity index (χ3v) is 7.02. The number of aryl methyl sites for hydroxylation is 1. The van der Waals surface area contributed by atoms with Crippen LogP contribution in [0, 0.1) is 12.7 Å². The third kappa shape index (κ3) is 6.09.